The summed E-state index contributed by atoms with van der Waals surface area (Å²) in [5.41, 5.74) is -2.27. The van der Waals surface area contributed by atoms with Gasteiger partial charge in [0.05, 0.1) is 30.1 Å². The second-order valence-electron chi connectivity index (χ2n) is 5.13. The van der Waals surface area contributed by atoms with Crippen molar-refractivity contribution in [2.24, 2.45) is 0 Å². The summed E-state index contributed by atoms with van der Waals surface area (Å²) in [5, 5.41) is 3.37. The number of fused-ring (bicyclic) bond motifs is 1. The molecular weight excluding hydrogens is 390 g/mol. The van der Waals surface area contributed by atoms with E-state index in [1.807, 2.05) is 0 Å². The highest BCUT2D eigenvalue weighted by Gasteiger charge is 2.41. The summed E-state index contributed by atoms with van der Waals surface area (Å²) >= 11 is 5.87. The Morgan fingerprint density at radius 2 is 2.00 bits per heavy atom. The third-order valence-electron chi connectivity index (χ3n) is 3.56. The van der Waals surface area contributed by atoms with Gasteiger partial charge in [-0.25, -0.2) is 18.9 Å². The van der Waals surface area contributed by atoms with Crippen molar-refractivity contribution in [2.75, 3.05) is 6.61 Å². The summed E-state index contributed by atoms with van der Waals surface area (Å²) in [4.78, 5) is 15.6. The van der Waals surface area contributed by atoms with Crippen molar-refractivity contribution in [2.45, 2.75) is 20.5 Å². The van der Waals surface area contributed by atoms with Crippen molar-refractivity contribution in [3.05, 3.63) is 52.8 Å². The Bertz CT molecular complexity index is 993. The predicted molar refractivity (Wildman–Crippen MR) is 91.5 cm³/mol. The maximum atomic E-state index is 14.1. The molecule has 0 bridgehead atoms. The first-order chi connectivity index (χ1) is 12.3. The molecule has 144 valence electrons. The molecule has 0 amide bonds. The zero-order valence-electron chi connectivity index (χ0n) is 13.1. The Labute approximate surface area is 156 Å². The van der Waals surface area contributed by atoms with Crippen molar-refractivity contribution >= 4 is 28.3 Å². The third-order valence-corrected chi connectivity index (χ3v) is 3.84. The zero-order chi connectivity index (χ0) is 19.1. The topological polar surface area (TPSA) is 57.0 Å². The molecule has 0 aliphatic rings. The summed E-state index contributed by atoms with van der Waals surface area (Å²) in [6.45, 7) is 1.37. The van der Waals surface area contributed by atoms with Gasteiger partial charge in [0.25, 0.3) is 0 Å². The second-order valence-corrected chi connectivity index (χ2v) is 5.49. The minimum atomic E-state index is -4.92. The number of ether oxygens (including phenoxy) is 1. The van der Waals surface area contributed by atoms with Crippen molar-refractivity contribution in [3.8, 4) is 5.69 Å². The number of pyridine rings is 1. The highest BCUT2D eigenvalue weighted by Crippen LogP contribution is 2.36. The van der Waals surface area contributed by atoms with Crippen LogP contribution in [0.2, 0.25) is 5.15 Å². The lowest BCUT2D eigenvalue weighted by molar-refractivity contribution is -0.143. The van der Waals surface area contributed by atoms with E-state index in [0.29, 0.717) is 4.68 Å². The Hall–Kier alpha value is -2.68. The van der Waals surface area contributed by atoms with E-state index in [4.69, 9.17) is 11.6 Å². The molecule has 27 heavy (non-hydrogen) atoms. The van der Waals surface area contributed by atoms with Crippen LogP contribution >= 0.6 is 11.6 Å². The van der Waals surface area contributed by atoms with E-state index in [-0.39, 0.29) is 35.6 Å². The Morgan fingerprint density at radius 3 is 2.63 bits per heavy atom. The SMILES string of the molecule is C.CCOC(=O)c1cnn(-c2cnc(Cl)c3c(F)cccc23)c1C(F)(F)F. The van der Waals surface area contributed by atoms with Crippen LogP contribution in [-0.4, -0.2) is 27.3 Å². The lowest BCUT2D eigenvalue weighted by Crippen LogP contribution is -2.18. The zero-order valence-corrected chi connectivity index (χ0v) is 13.9. The van der Waals surface area contributed by atoms with Crippen molar-refractivity contribution in [1.82, 2.24) is 14.8 Å². The minimum absolute atomic E-state index is 0. The van der Waals surface area contributed by atoms with Gasteiger partial charge in [-0.05, 0) is 13.0 Å². The standard InChI is InChI=1S/C16H10ClF4N3O2.CH4/c1-2-26-15(25)9-6-23-24(13(9)16(19,20)21)11-7-22-14(17)12-8(11)4-3-5-10(12)18;/h3-7H,2H2,1H3;1H4. The number of esters is 1. The van der Waals surface area contributed by atoms with E-state index in [1.165, 1.54) is 19.1 Å². The summed E-state index contributed by atoms with van der Waals surface area (Å²) in [6, 6.07) is 3.81. The monoisotopic (exact) mass is 403 g/mol. The maximum Gasteiger partial charge on any atom is 0.434 e. The number of hydrogen-bond acceptors (Lipinski definition) is 4. The first kappa shape index (κ1) is 20.6. The quantitative estimate of drug-likeness (QED) is 0.349. The molecular formula is C17H14ClF4N3O2. The average molecular weight is 404 g/mol. The highest BCUT2D eigenvalue weighted by molar-refractivity contribution is 6.34. The molecule has 2 heterocycles. The van der Waals surface area contributed by atoms with E-state index in [2.05, 4.69) is 14.8 Å². The van der Waals surface area contributed by atoms with Crippen LogP contribution in [0.3, 0.4) is 0 Å². The third kappa shape index (κ3) is 3.59. The Morgan fingerprint density at radius 1 is 1.30 bits per heavy atom. The summed E-state index contributed by atoms with van der Waals surface area (Å²) in [7, 11) is 0. The first-order valence-corrected chi connectivity index (χ1v) is 7.69. The second kappa shape index (κ2) is 7.51. The lowest BCUT2D eigenvalue weighted by Gasteiger charge is -2.14. The summed E-state index contributed by atoms with van der Waals surface area (Å²) in [5.74, 6) is -1.91. The molecule has 1 aromatic carbocycles. The maximum absolute atomic E-state index is 14.1. The van der Waals surface area contributed by atoms with Gasteiger partial charge in [0.2, 0.25) is 0 Å². The van der Waals surface area contributed by atoms with Crippen LogP contribution in [0.5, 0.6) is 0 Å². The minimum Gasteiger partial charge on any atom is -0.462 e. The number of hydrogen-bond donors (Lipinski definition) is 0. The molecule has 0 saturated heterocycles. The molecule has 2 aromatic heterocycles. The number of benzene rings is 1. The molecule has 3 aromatic rings. The fraction of sp³-hybridized carbons (Fsp3) is 0.235. The first-order valence-electron chi connectivity index (χ1n) is 7.31. The number of halogens is 5. The summed E-state index contributed by atoms with van der Waals surface area (Å²) < 4.78 is 60.0. The van der Waals surface area contributed by atoms with E-state index < -0.39 is 29.2 Å². The summed E-state index contributed by atoms with van der Waals surface area (Å²) in [6.07, 6.45) is -3.14. The van der Waals surface area contributed by atoms with Crippen LogP contribution in [0.1, 0.15) is 30.4 Å². The number of nitrogens with zero attached hydrogens (tertiary/aromatic N) is 3. The van der Waals surface area contributed by atoms with E-state index >= 15 is 0 Å². The van der Waals surface area contributed by atoms with Crippen LogP contribution in [0.25, 0.3) is 16.5 Å². The molecule has 0 unspecified atom stereocenters. The number of rotatable bonds is 3. The van der Waals surface area contributed by atoms with Crippen molar-refractivity contribution in [1.29, 1.82) is 0 Å². The van der Waals surface area contributed by atoms with Crippen LogP contribution in [0.4, 0.5) is 17.6 Å². The molecule has 0 radical (unpaired) electrons. The fourth-order valence-corrected chi connectivity index (χ4v) is 2.77. The smallest absolute Gasteiger partial charge is 0.434 e. The van der Waals surface area contributed by atoms with Gasteiger partial charge in [-0.2, -0.15) is 18.3 Å². The molecule has 0 aliphatic heterocycles. The molecule has 3 rings (SSSR count). The van der Waals surface area contributed by atoms with Gasteiger partial charge in [0, 0.05) is 5.39 Å². The van der Waals surface area contributed by atoms with Crippen LogP contribution < -0.4 is 0 Å². The van der Waals surface area contributed by atoms with Crippen LogP contribution in [0, 0.1) is 5.82 Å². The van der Waals surface area contributed by atoms with E-state index in [9.17, 15) is 22.4 Å². The van der Waals surface area contributed by atoms with Crippen molar-refractivity contribution in [3.63, 3.8) is 0 Å². The average Bonchev–Trinajstić information content (AvgIpc) is 3.00. The molecule has 0 N–H and O–H groups in total. The lowest BCUT2D eigenvalue weighted by atomic mass is 10.1. The normalized spacial score (nSPS) is 11.3. The van der Waals surface area contributed by atoms with E-state index in [0.717, 1.165) is 18.5 Å². The number of aromatic nitrogens is 3. The van der Waals surface area contributed by atoms with Gasteiger partial charge in [-0.3, -0.25) is 0 Å². The molecule has 0 atom stereocenters. The molecule has 0 fully saturated rings. The number of carbonyl (C=O) groups is 1. The van der Waals surface area contributed by atoms with Gasteiger partial charge in [0.15, 0.2) is 5.69 Å². The number of alkyl halides is 3. The molecule has 10 heteroatoms. The fourth-order valence-electron chi connectivity index (χ4n) is 2.53. The van der Waals surface area contributed by atoms with E-state index in [1.54, 1.807) is 0 Å². The van der Waals surface area contributed by atoms with Gasteiger partial charge in [-0.15, -0.1) is 0 Å². The van der Waals surface area contributed by atoms with Crippen LogP contribution in [0.15, 0.2) is 30.6 Å². The van der Waals surface area contributed by atoms with Gasteiger partial charge >= 0.3 is 12.1 Å². The van der Waals surface area contributed by atoms with Crippen LogP contribution in [-0.2, 0) is 10.9 Å². The Kier molecular flexibility index (Phi) is 5.74. The Balaban J connectivity index is 0.00000261. The largest absolute Gasteiger partial charge is 0.462 e. The molecule has 0 spiro atoms. The molecule has 0 saturated carbocycles. The highest BCUT2D eigenvalue weighted by atomic mass is 35.5. The predicted octanol–water partition coefficient (Wildman–Crippen LogP) is 5.04. The number of carbonyl (C=O) groups excluding carboxylic acids is 1. The van der Waals surface area contributed by atoms with Crippen molar-refractivity contribution < 1.29 is 27.1 Å². The van der Waals surface area contributed by atoms with Gasteiger partial charge in [-0.1, -0.05) is 31.2 Å². The molecule has 0 aliphatic carbocycles. The van der Waals surface area contributed by atoms with Gasteiger partial charge < -0.3 is 4.74 Å². The molecule has 5 nitrogen and oxygen atoms in total. The van der Waals surface area contributed by atoms with Gasteiger partial charge in [0.1, 0.15) is 16.5 Å².